The summed E-state index contributed by atoms with van der Waals surface area (Å²) in [5, 5.41) is 9.61. The summed E-state index contributed by atoms with van der Waals surface area (Å²) in [5.41, 5.74) is -0.464. The first-order valence-electron chi connectivity index (χ1n) is 6.82. The van der Waals surface area contributed by atoms with Crippen LogP contribution >= 0.6 is 0 Å². The lowest BCUT2D eigenvalue weighted by molar-refractivity contribution is -0.154. The van der Waals surface area contributed by atoms with Crippen LogP contribution in [0.1, 0.15) is 72.6 Å². The van der Waals surface area contributed by atoms with Crippen LogP contribution in [0.25, 0.3) is 0 Å². The highest BCUT2D eigenvalue weighted by Crippen LogP contribution is 2.42. The van der Waals surface area contributed by atoms with Crippen molar-refractivity contribution in [1.82, 2.24) is 0 Å². The molecule has 0 saturated heterocycles. The van der Waals surface area contributed by atoms with Crippen LogP contribution in [0.5, 0.6) is 0 Å². The van der Waals surface area contributed by atoms with E-state index >= 15 is 0 Å². The molecule has 2 nitrogen and oxygen atoms in total. The van der Waals surface area contributed by atoms with Gasteiger partial charge in [0.15, 0.2) is 0 Å². The molecule has 0 fully saturated rings. The highest BCUT2D eigenvalue weighted by Gasteiger charge is 2.42. The summed E-state index contributed by atoms with van der Waals surface area (Å²) in [5.74, 6) is -0.230. The zero-order valence-corrected chi connectivity index (χ0v) is 11.4. The van der Waals surface area contributed by atoms with E-state index in [0.717, 1.165) is 44.9 Å². The Bertz CT molecular complexity index is 193. The number of hydrogen-bond donors (Lipinski definition) is 1. The Morgan fingerprint density at radius 2 is 1.56 bits per heavy atom. The summed E-state index contributed by atoms with van der Waals surface area (Å²) in [4.78, 5) is 11.7. The Hall–Kier alpha value is -0.530. The van der Waals surface area contributed by atoms with E-state index in [0.29, 0.717) is 5.92 Å². The molecule has 0 spiro atoms. The van der Waals surface area contributed by atoms with E-state index in [1.807, 2.05) is 0 Å². The predicted molar refractivity (Wildman–Crippen MR) is 68.6 cm³/mol. The zero-order chi connectivity index (χ0) is 12.6. The van der Waals surface area contributed by atoms with E-state index in [-0.39, 0.29) is 0 Å². The Balaban J connectivity index is 5.02. The highest BCUT2D eigenvalue weighted by molar-refractivity contribution is 5.75. The highest BCUT2D eigenvalue weighted by atomic mass is 16.4. The molecule has 0 bridgehead atoms. The summed E-state index contributed by atoms with van der Waals surface area (Å²) in [6.45, 7) is 8.45. The average Bonchev–Trinajstić information content (AvgIpc) is 2.25. The van der Waals surface area contributed by atoms with Crippen LogP contribution in [0, 0.1) is 11.3 Å². The van der Waals surface area contributed by atoms with Gasteiger partial charge in [0.05, 0.1) is 5.41 Å². The van der Waals surface area contributed by atoms with Gasteiger partial charge in [0.25, 0.3) is 0 Å². The van der Waals surface area contributed by atoms with E-state index in [9.17, 15) is 9.90 Å². The minimum atomic E-state index is -0.573. The monoisotopic (exact) mass is 228 g/mol. The van der Waals surface area contributed by atoms with Crippen molar-refractivity contribution in [2.75, 3.05) is 0 Å². The summed E-state index contributed by atoms with van der Waals surface area (Å²) >= 11 is 0. The van der Waals surface area contributed by atoms with Crippen LogP contribution in [0.3, 0.4) is 0 Å². The molecule has 16 heavy (non-hydrogen) atoms. The molecule has 0 amide bonds. The normalized spacial score (nSPS) is 13.8. The molecule has 0 radical (unpaired) electrons. The van der Waals surface area contributed by atoms with Gasteiger partial charge in [0.2, 0.25) is 0 Å². The van der Waals surface area contributed by atoms with Gasteiger partial charge in [-0.05, 0) is 25.2 Å². The fourth-order valence-electron chi connectivity index (χ4n) is 3.03. The molecular formula is C14H28O2. The maximum absolute atomic E-state index is 11.7. The summed E-state index contributed by atoms with van der Waals surface area (Å²) in [6.07, 6.45) is 6.70. The fraction of sp³-hybridized carbons (Fsp3) is 0.929. The number of hydrogen-bond acceptors (Lipinski definition) is 1. The summed E-state index contributed by atoms with van der Waals surface area (Å²) < 4.78 is 0. The SMILES string of the molecule is CCCC(CC)C(CCC)(CCC)C(=O)O. The molecule has 0 saturated carbocycles. The number of rotatable bonds is 9. The van der Waals surface area contributed by atoms with Crippen LogP contribution in [-0.2, 0) is 4.79 Å². The minimum Gasteiger partial charge on any atom is -0.481 e. The number of carboxylic acid groups (broad SMARTS) is 1. The van der Waals surface area contributed by atoms with Gasteiger partial charge < -0.3 is 5.11 Å². The number of carboxylic acids is 1. The maximum Gasteiger partial charge on any atom is 0.309 e. The Labute approximate surface area is 100 Å². The first kappa shape index (κ1) is 15.5. The molecule has 0 aromatic rings. The quantitative estimate of drug-likeness (QED) is 0.631. The first-order chi connectivity index (χ1) is 7.58. The molecule has 1 N–H and O–H groups in total. The molecule has 1 atom stereocenters. The maximum atomic E-state index is 11.7. The van der Waals surface area contributed by atoms with Gasteiger partial charge in [-0.2, -0.15) is 0 Å². The molecule has 0 aromatic carbocycles. The van der Waals surface area contributed by atoms with Crippen molar-refractivity contribution in [3.63, 3.8) is 0 Å². The molecule has 1 unspecified atom stereocenters. The molecule has 0 heterocycles. The predicted octanol–water partition coefficient (Wildman–Crippen LogP) is 4.48. The van der Waals surface area contributed by atoms with Crippen LogP contribution in [0.4, 0.5) is 0 Å². The van der Waals surface area contributed by atoms with Gasteiger partial charge in [-0.1, -0.05) is 53.4 Å². The summed E-state index contributed by atoms with van der Waals surface area (Å²) in [7, 11) is 0. The van der Waals surface area contributed by atoms with Crippen molar-refractivity contribution in [2.45, 2.75) is 72.6 Å². The smallest absolute Gasteiger partial charge is 0.309 e. The molecule has 0 rings (SSSR count). The van der Waals surface area contributed by atoms with Crippen molar-refractivity contribution < 1.29 is 9.90 Å². The fourth-order valence-corrected chi connectivity index (χ4v) is 3.03. The van der Waals surface area contributed by atoms with Crippen LogP contribution < -0.4 is 0 Å². The lowest BCUT2D eigenvalue weighted by atomic mass is 9.66. The van der Waals surface area contributed by atoms with Crippen molar-refractivity contribution in [2.24, 2.45) is 11.3 Å². The van der Waals surface area contributed by atoms with Gasteiger partial charge in [0.1, 0.15) is 0 Å². The van der Waals surface area contributed by atoms with Crippen molar-refractivity contribution in [3.8, 4) is 0 Å². The van der Waals surface area contributed by atoms with Gasteiger partial charge in [-0.25, -0.2) is 0 Å². The van der Waals surface area contributed by atoms with Crippen LogP contribution in [0.2, 0.25) is 0 Å². The molecule has 0 aromatic heterocycles. The lowest BCUT2D eigenvalue weighted by Crippen LogP contribution is -2.38. The van der Waals surface area contributed by atoms with Crippen molar-refractivity contribution in [1.29, 1.82) is 0 Å². The zero-order valence-electron chi connectivity index (χ0n) is 11.4. The molecule has 0 aliphatic carbocycles. The van der Waals surface area contributed by atoms with E-state index in [2.05, 4.69) is 27.7 Å². The van der Waals surface area contributed by atoms with Gasteiger partial charge >= 0.3 is 5.97 Å². The second-order valence-corrected chi connectivity index (χ2v) is 4.86. The standard InChI is InChI=1S/C14H28O2/c1-5-9-12(8-4)14(10-6-2,11-7-3)13(15)16/h12H,5-11H2,1-4H3,(H,15,16). The Kier molecular flexibility index (Phi) is 7.44. The van der Waals surface area contributed by atoms with E-state index in [4.69, 9.17) is 0 Å². The second-order valence-electron chi connectivity index (χ2n) is 4.86. The topological polar surface area (TPSA) is 37.3 Å². The second kappa shape index (κ2) is 7.70. The lowest BCUT2D eigenvalue weighted by Gasteiger charge is -2.37. The molecule has 2 heteroatoms. The third kappa shape index (κ3) is 3.50. The molecule has 0 aliphatic heterocycles. The molecule has 0 aliphatic rings. The Morgan fingerprint density at radius 3 is 1.81 bits per heavy atom. The summed E-state index contributed by atoms with van der Waals surface area (Å²) in [6, 6.07) is 0. The van der Waals surface area contributed by atoms with E-state index in [1.54, 1.807) is 0 Å². The van der Waals surface area contributed by atoms with Crippen LogP contribution in [-0.4, -0.2) is 11.1 Å². The average molecular weight is 228 g/mol. The number of carbonyl (C=O) groups is 1. The third-order valence-corrected chi connectivity index (χ3v) is 3.73. The van der Waals surface area contributed by atoms with Crippen molar-refractivity contribution in [3.05, 3.63) is 0 Å². The Morgan fingerprint density at radius 1 is 1.06 bits per heavy atom. The van der Waals surface area contributed by atoms with Gasteiger partial charge in [0, 0.05) is 0 Å². The molecular weight excluding hydrogens is 200 g/mol. The third-order valence-electron chi connectivity index (χ3n) is 3.73. The largest absolute Gasteiger partial charge is 0.481 e. The van der Waals surface area contributed by atoms with E-state index < -0.39 is 11.4 Å². The van der Waals surface area contributed by atoms with Gasteiger partial charge in [-0.3, -0.25) is 4.79 Å². The first-order valence-corrected chi connectivity index (χ1v) is 6.82. The minimum absolute atomic E-state index is 0.342. The van der Waals surface area contributed by atoms with Crippen LogP contribution in [0.15, 0.2) is 0 Å². The molecule has 96 valence electrons. The van der Waals surface area contributed by atoms with Gasteiger partial charge in [-0.15, -0.1) is 0 Å². The number of aliphatic carboxylic acids is 1. The van der Waals surface area contributed by atoms with Crippen molar-refractivity contribution >= 4 is 5.97 Å². The van der Waals surface area contributed by atoms with E-state index in [1.165, 1.54) is 0 Å².